The second-order valence-electron chi connectivity index (χ2n) is 6.31. The Morgan fingerprint density at radius 1 is 1.24 bits per heavy atom. The molecule has 1 aromatic heterocycles. The van der Waals surface area contributed by atoms with E-state index in [2.05, 4.69) is 4.98 Å². The summed E-state index contributed by atoms with van der Waals surface area (Å²) in [4.78, 5) is 4.47. The van der Waals surface area contributed by atoms with Gasteiger partial charge < -0.3 is 20.8 Å². The van der Waals surface area contributed by atoms with Crippen LogP contribution in [0.1, 0.15) is 45.1 Å². The molecule has 114 valence electrons. The lowest BCUT2D eigenvalue weighted by Crippen LogP contribution is -2.41. The van der Waals surface area contributed by atoms with E-state index in [0.29, 0.717) is 6.54 Å². The van der Waals surface area contributed by atoms with Gasteiger partial charge in [-0.2, -0.15) is 0 Å². The molecule has 0 aliphatic carbocycles. The van der Waals surface area contributed by atoms with Gasteiger partial charge >= 0.3 is 7.12 Å². The molecule has 0 aromatic carbocycles. The van der Waals surface area contributed by atoms with Gasteiger partial charge in [-0.1, -0.05) is 12.0 Å². The molecule has 1 aliphatic rings. The molecule has 0 saturated carbocycles. The summed E-state index contributed by atoms with van der Waals surface area (Å²) in [6, 6.07) is 5.47. The highest BCUT2D eigenvalue weighted by Gasteiger charge is 2.49. The van der Waals surface area contributed by atoms with E-state index in [0.717, 1.165) is 11.4 Å². The van der Waals surface area contributed by atoms with Gasteiger partial charge in [0.1, 0.15) is 0 Å². The molecular weight excluding hydrogens is 265 g/mol. The largest absolute Gasteiger partial charge is 0.487 e. The topological polar surface area (TPSA) is 83.4 Å². The Morgan fingerprint density at radius 3 is 2.43 bits per heavy atom. The Bertz CT molecular complexity index is 515. The van der Waals surface area contributed by atoms with Gasteiger partial charge in [0.25, 0.3) is 0 Å². The zero-order valence-electron chi connectivity index (χ0n) is 13.2. The molecule has 0 bridgehead atoms. The predicted molar refractivity (Wildman–Crippen MR) is 85.3 cm³/mol. The smallest absolute Gasteiger partial charge is 0.400 e. The zero-order valence-corrected chi connectivity index (χ0v) is 13.2. The van der Waals surface area contributed by atoms with Crippen LogP contribution in [0.4, 0.5) is 0 Å². The van der Waals surface area contributed by atoms with Gasteiger partial charge in [-0.05, 0) is 45.9 Å². The van der Waals surface area contributed by atoms with E-state index in [9.17, 15) is 0 Å². The quantitative estimate of drug-likeness (QED) is 0.824. The molecule has 2 rings (SSSR count). The van der Waals surface area contributed by atoms with Crippen LogP contribution in [0.15, 0.2) is 24.2 Å². The van der Waals surface area contributed by atoms with E-state index in [1.165, 1.54) is 0 Å². The first-order valence-corrected chi connectivity index (χ1v) is 7.21. The molecule has 0 unspecified atom stereocenters. The van der Waals surface area contributed by atoms with Crippen LogP contribution in [0.2, 0.25) is 0 Å². The fourth-order valence-electron chi connectivity index (χ4n) is 2.03. The van der Waals surface area contributed by atoms with E-state index >= 15 is 0 Å². The second kappa shape index (κ2) is 5.89. The molecule has 6 heteroatoms. The van der Waals surface area contributed by atoms with Crippen molar-refractivity contribution in [1.29, 1.82) is 0 Å². The maximum Gasteiger partial charge on any atom is 0.487 e. The molecule has 1 saturated heterocycles. The third kappa shape index (κ3) is 3.52. The van der Waals surface area contributed by atoms with Crippen molar-refractivity contribution >= 4 is 13.2 Å². The highest BCUT2D eigenvalue weighted by atomic mass is 16.7. The Hall–Kier alpha value is -1.21. The summed E-state index contributed by atoms with van der Waals surface area (Å²) in [6.07, 6.45) is 1.88. The molecule has 1 aliphatic heterocycles. The Labute approximate surface area is 126 Å². The van der Waals surface area contributed by atoms with Crippen molar-refractivity contribution in [1.82, 2.24) is 4.98 Å². The lowest BCUT2D eigenvalue weighted by Gasteiger charge is -2.32. The number of nitrogens with two attached hydrogens (primary N) is 2. The first kappa shape index (κ1) is 16.2. The van der Waals surface area contributed by atoms with E-state index < -0.39 is 0 Å². The third-order valence-corrected chi connectivity index (χ3v) is 4.12. The molecular formula is C15H24BN3O2. The predicted octanol–water partition coefficient (Wildman–Crippen LogP) is 1.68. The van der Waals surface area contributed by atoms with Crippen molar-refractivity contribution in [3.05, 3.63) is 35.6 Å². The number of nitrogens with zero attached hydrogens (tertiary/aromatic N) is 1. The number of aromatic nitrogens is 1. The summed E-state index contributed by atoms with van der Waals surface area (Å²) in [7, 11) is -0.372. The van der Waals surface area contributed by atoms with E-state index in [4.69, 9.17) is 20.8 Å². The van der Waals surface area contributed by atoms with Crippen molar-refractivity contribution in [2.75, 3.05) is 6.54 Å². The van der Waals surface area contributed by atoms with Gasteiger partial charge in [-0.15, -0.1) is 0 Å². The van der Waals surface area contributed by atoms with Crippen molar-refractivity contribution in [3.63, 3.8) is 0 Å². The normalized spacial score (nSPS) is 21.9. The number of hydrogen-bond acceptors (Lipinski definition) is 5. The number of pyridine rings is 1. The van der Waals surface area contributed by atoms with Crippen molar-refractivity contribution in [2.24, 2.45) is 11.5 Å². The van der Waals surface area contributed by atoms with E-state index in [1.807, 2.05) is 57.9 Å². The Balaban J connectivity index is 2.09. The Kier molecular flexibility index (Phi) is 4.53. The summed E-state index contributed by atoms with van der Waals surface area (Å²) >= 11 is 0. The minimum atomic E-state index is -0.372. The maximum atomic E-state index is 5.90. The molecule has 0 radical (unpaired) electrons. The molecule has 5 nitrogen and oxygen atoms in total. The monoisotopic (exact) mass is 289 g/mol. The first-order valence-electron chi connectivity index (χ1n) is 7.21. The standard InChI is InChI=1S/C15H24BN3O2/c1-14(2)15(3,4)21-16(20-14)9-8-11-6-5-7-13(19-11)12(18)10-17/h5-9,12H,10,17-18H2,1-4H3/b9-8+/t12-/m0/s1. The SMILES string of the molecule is CC1(C)OB(/C=C/c2cccc([C@@H](N)CN)n2)OC1(C)C. The average molecular weight is 289 g/mol. The molecule has 1 atom stereocenters. The highest BCUT2D eigenvalue weighted by molar-refractivity contribution is 6.52. The number of hydrogen-bond donors (Lipinski definition) is 2. The number of rotatable bonds is 4. The van der Waals surface area contributed by atoms with Gasteiger partial charge in [0.15, 0.2) is 0 Å². The van der Waals surface area contributed by atoms with Crippen molar-refractivity contribution in [2.45, 2.75) is 44.9 Å². The highest BCUT2D eigenvalue weighted by Crippen LogP contribution is 2.36. The van der Waals surface area contributed by atoms with Gasteiger partial charge in [-0.25, -0.2) is 0 Å². The summed E-state index contributed by atoms with van der Waals surface area (Å²) in [5, 5.41) is 0. The minimum Gasteiger partial charge on any atom is -0.400 e. The van der Waals surface area contributed by atoms with Crippen LogP contribution in [0.3, 0.4) is 0 Å². The molecule has 1 fully saturated rings. The maximum absolute atomic E-state index is 5.90. The van der Waals surface area contributed by atoms with Crippen molar-refractivity contribution in [3.8, 4) is 0 Å². The summed E-state index contributed by atoms with van der Waals surface area (Å²) < 4.78 is 11.8. The van der Waals surface area contributed by atoms with E-state index in [-0.39, 0.29) is 24.4 Å². The molecule has 1 aromatic rings. The summed E-state index contributed by atoms with van der Waals surface area (Å²) in [5.41, 5.74) is 12.4. The molecule has 0 spiro atoms. The first-order chi connectivity index (χ1) is 9.75. The minimum absolute atomic E-state index is 0.241. The average Bonchev–Trinajstić information content (AvgIpc) is 2.64. The second-order valence-corrected chi connectivity index (χ2v) is 6.31. The molecule has 2 heterocycles. The van der Waals surface area contributed by atoms with Crippen LogP contribution >= 0.6 is 0 Å². The van der Waals surface area contributed by atoms with Gasteiger partial charge in [0, 0.05) is 6.54 Å². The van der Waals surface area contributed by atoms with Crippen molar-refractivity contribution < 1.29 is 9.31 Å². The zero-order chi connectivity index (χ0) is 15.7. The van der Waals surface area contributed by atoms with Gasteiger partial charge in [-0.3, -0.25) is 4.98 Å². The lowest BCUT2D eigenvalue weighted by atomic mass is 9.89. The molecule has 4 N–H and O–H groups in total. The van der Waals surface area contributed by atoms with Crippen LogP contribution in [0.25, 0.3) is 6.08 Å². The lowest BCUT2D eigenvalue weighted by molar-refractivity contribution is 0.00578. The van der Waals surface area contributed by atoms with Crippen LogP contribution in [-0.4, -0.2) is 29.8 Å². The Morgan fingerprint density at radius 2 is 1.86 bits per heavy atom. The molecule has 0 amide bonds. The molecule has 21 heavy (non-hydrogen) atoms. The summed E-state index contributed by atoms with van der Waals surface area (Å²) in [6.45, 7) is 8.48. The summed E-state index contributed by atoms with van der Waals surface area (Å²) in [5.74, 6) is 1.87. The van der Waals surface area contributed by atoms with Gasteiger partial charge in [0.05, 0.1) is 28.6 Å². The fraction of sp³-hybridized carbons (Fsp3) is 0.533. The van der Waals surface area contributed by atoms with E-state index in [1.54, 1.807) is 0 Å². The van der Waals surface area contributed by atoms with Crippen LogP contribution < -0.4 is 11.5 Å². The fourth-order valence-corrected chi connectivity index (χ4v) is 2.03. The third-order valence-electron chi connectivity index (χ3n) is 4.12. The van der Waals surface area contributed by atoms with Gasteiger partial charge in [0.2, 0.25) is 0 Å². The van der Waals surface area contributed by atoms with Crippen LogP contribution in [0.5, 0.6) is 0 Å². The van der Waals surface area contributed by atoms with Crippen LogP contribution in [0, 0.1) is 0 Å². The van der Waals surface area contributed by atoms with Crippen LogP contribution in [-0.2, 0) is 9.31 Å².